The maximum atomic E-state index is 8.87. The highest BCUT2D eigenvalue weighted by molar-refractivity contribution is 5.41. The molecule has 1 fully saturated rings. The second-order valence-electron chi connectivity index (χ2n) is 3.69. The number of nitriles is 1. The van der Waals surface area contributed by atoms with E-state index in [0.717, 1.165) is 12.3 Å². The summed E-state index contributed by atoms with van der Waals surface area (Å²) in [6.45, 7) is 2.59. The van der Waals surface area contributed by atoms with Crippen molar-refractivity contribution in [3.05, 3.63) is 23.5 Å². The Morgan fingerprint density at radius 2 is 2.43 bits per heavy atom. The highest BCUT2D eigenvalue weighted by Crippen LogP contribution is 2.30. The van der Waals surface area contributed by atoms with Crippen LogP contribution >= 0.6 is 0 Å². The lowest BCUT2D eigenvalue weighted by Gasteiger charge is -2.06. The molecule has 0 bridgehead atoms. The van der Waals surface area contributed by atoms with Crippen LogP contribution in [0.1, 0.15) is 24.1 Å². The molecule has 0 spiro atoms. The predicted octanol–water partition coefficient (Wildman–Crippen LogP) is 2.05. The summed E-state index contributed by atoms with van der Waals surface area (Å²) in [6.07, 6.45) is 4.14. The van der Waals surface area contributed by atoms with Gasteiger partial charge in [-0.3, -0.25) is 4.98 Å². The first-order valence-corrected chi connectivity index (χ1v) is 4.79. The van der Waals surface area contributed by atoms with Crippen molar-refractivity contribution >= 4 is 0 Å². The van der Waals surface area contributed by atoms with Crippen LogP contribution in [0.2, 0.25) is 0 Å². The Kier molecular flexibility index (Phi) is 2.36. The standard InChI is InChI=1S/C11H12N2O/c1-8-4-10(5-12)11(6-13-8)14-7-9-2-3-9/h4,6,9H,2-3,7H2,1H3. The molecule has 1 aliphatic rings. The Bertz CT molecular complexity index is 377. The molecule has 1 heterocycles. The molecule has 0 aromatic carbocycles. The van der Waals surface area contributed by atoms with Gasteiger partial charge in [-0.2, -0.15) is 5.26 Å². The van der Waals surface area contributed by atoms with E-state index in [2.05, 4.69) is 11.1 Å². The molecule has 3 nitrogen and oxygen atoms in total. The van der Waals surface area contributed by atoms with Crippen molar-refractivity contribution < 1.29 is 4.74 Å². The van der Waals surface area contributed by atoms with Crippen LogP contribution in [-0.4, -0.2) is 11.6 Å². The first-order chi connectivity index (χ1) is 6.79. The Balaban J connectivity index is 2.10. The van der Waals surface area contributed by atoms with Gasteiger partial charge in [0, 0.05) is 5.69 Å². The SMILES string of the molecule is Cc1cc(C#N)c(OCC2CC2)cn1. The van der Waals surface area contributed by atoms with Gasteiger partial charge in [-0.1, -0.05) is 0 Å². The number of ether oxygens (including phenoxy) is 1. The van der Waals surface area contributed by atoms with Crippen molar-refractivity contribution in [2.75, 3.05) is 6.61 Å². The van der Waals surface area contributed by atoms with Gasteiger partial charge < -0.3 is 4.74 Å². The molecule has 1 aromatic heterocycles. The first kappa shape index (κ1) is 9.01. The average molecular weight is 188 g/mol. The fraction of sp³-hybridized carbons (Fsp3) is 0.455. The fourth-order valence-corrected chi connectivity index (χ4v) is 1.24. The van der Waals surface area contributed by atoms with Gasteiger partial charge in [0.25, 0.3) is 0 Å². The quantitative estimate of drug-likeness (QED) is 0.729. The molecule has 0 saturated heterocycles. The summed E-state index contributed by atoms with van der Waals surface area (Å²) in [4.78, 5) is 4.11. The van der Waals surface area contributed by atoms with E-state index in [9.17, 15) is 0 Å². The third kappa shape index (κ3) is 2.02. The number of aromatic nitrogens is 1. The van der Waals surface area contributed by atoms with E-state index < -0.39 is 0 Å². The summed E-state index contributed by atoms with van der Waals surface area (Å²) in [5.41, 5.74) is 1.43. The lowest BCUT2D eigenvalue weighted by atomic mass is 10.2. The maximum Gasteiger partial charge on any atom is 0.155 e. The third-order valence-electron chi connectivity index (χ3n) is 2.30. The van der Waals surface area contributed by atoms with Gasteiger partial charge in [-0.05, 0) is 31.7 Å². The maximum absolute atomic E-state index is 8.87. The summed E-state index contributed by atoms with van der Waals surface area (Å²) in [5.74, 6) is 1.31. The lowest BCUT2D eigenvalue weighted by molar-refractivity contribution is 0.297. The number of hydrogen-bond acceptors (Lipinski definition) is 3. The second kappa shape index (κ2) is 3.67. The first-order valence-electron chi connectivity index (χ1n) is 4.79. The molecular weight excluding hydrogens is 176 g/mol. The molecular formula is C11H12N2O. The van der Waals surface area contributed by atoms with Crippen LogP contribution < -0.4 is 4.74 Å². The number of rotatable bonds is 3. The van der Waals surface area contributed by atoms with Gasteiger partial charge in [0.15, 0.2) is 5.75 Å². The van der Waals surface area contributed by atoms with E-state index in [1.807, 2.05) is 6.92 Å². The van der Waals surface area contributed by atoms with Crippen LogP contribution in [0.3, 0.4) is 0 Å². The van der Waals surface area contributed by atoms with Gasteiger partial charge in [0.1, 0.15) is 6.07 Å². The van der Waals surface area contributed by atoms with Gasteiger partial charge in [0.2, 0.25) is 0 Å². The van der Waals surface area contributed by atoms with Crippen molar-refractivity contribution in [1.82, 2.24) is 4.98 Å². The van der Waals surface area contributed by atoms with Crippen molar-refractivity contribution in [3.8, 4) is 11.8 Å². The summed E-state index contributed by atoms with van der Waals surface area (Å²) >= 11 is 0. The van der Waals surface area contributed by atoms with Crippen molar-refractivity contribution in [3.63, 3.8) is 0 Å². The van der Waals surface area contributed by atoms with Crippen LogP contribution in [0.15, 0.2) is 12.3 Å². The molecule has 1 aliphatic carbocycles. The number of pyridine rings is 1. The molecule has 0 radical (unpaired) electrons. The smallest absolute Gasteiger partial charge is 0.155 e. The molecule has 1 aromatic rings. The summed E-state index contributed by atoms with van der Waals surface area (Å²) < 4.78 is 5.52. The molecule has 3 heteroatoms. The lowest BCUT2D eigenvalue weighted by Crippen LogP contribution is -2.01. The Morgan fingerprint density at radius 3 is 3.07 bits per heavy atom. The van der Waals surface area contributed by atoms with E-state index >= 15 is 0 Å². The normalized spacial score (nSPS) is 14.9. The van der Waals surface area contributed by atoms with Crippen molar-refractivity contribution in [1.29, 1.82) is 5.26 Å². The zero-order valence-corrected chi connectivity index (χ0v) is 8.16. The Hall–Kier alpha value is -1.56. The number of hydrogen-bond donors (Lipinski definition) is 0. The number of aryl methyl sites for hydroxylation is 1. The summed E-state index contributed by atoms with van der Waals surface area (Å²) in [5, 5.41) is 8.87. The molecule has 1 saturated carbocycles. The topological polar surface area (TPSA) is 45.9 Å². The third-order valence-corrected chi connectivity index (χ3v) is 2.30. The van der Waals surface area contributed by atoms with Crippen LogP contribution in [0.5, 0.6) is 5.75 Å². The van der Waals surface area contributed by atoms with Gasteiger partial charge >= 0.3 is 0 Å². The van der Waals surface area contributed by atoms with E-state index in [-0.39, 0.29) is 0 Å². The van der Waals surface area contributed by atoms with Crippen LogP contribution in [0.25, 0.3) is 0 Å². The summed E-state index contributed by atoms with van der Waals surface area (Å²) in [7, 11) is 0. The minimum atomic E-state index is 0.582. The zero-order chi connectivity index (χ0) is 9.97. The fourth-order valence-electron chi connectivity index (χ4n) is 1.24. The highest BCUT2D eigenvalue weighted by Gasteiger charge is 2.22. The molecule has 0 atom stereocenters. The van der Waals surface area contributed by atoms with Gasteiger partial charge in [-0.25, -0.2) is 0 Å². The Morgan fingerprint density at radius 1 is 1.64 bits per heavy atom. The average Bonchev–Trinajstić information content (AvgIpc) is 2.99. The molecule has 0 unspecified atom stereocenters. The van der Waals surface area contributed by atoms with Crippen LogP contribution in [0, 0.1) is 24.2 Å². The van der Waals surface area contributed by atoms with Crippen LogP contribution in [0.4, 0.5) is 0 Å². The number of nitrogens with zero attached hydrogens (tertiary/aromatic N) is 2. The van der Waals surface area contributed by atoms with Crippen LogP contribution in [-0.2, 0) is 0 Å². The predicted molar refractivity (Wildman–Crippen MR) is 51.9 cm³/mol. The highest BCUT2D eigenvalue weighted by atomic mass is 16.5. The molecule has 2 rings (SSSR count). The van der Waals surface area contributed by atoms with Gasteiger partial charge in [-0.15, -0.1) is 0 Å². The van der Waals surface area contributed by atoms with E-state index in [0.29, 0.717) is 17.2 Å². The van der Waals surface area contributed by atoms with Crippen molar-refractivity contribution in [2.45, 2.75) is 19.8 Å². The molecule has 0 amide bonds. The minimum absolute atomic E-state index is 0.582. The molecule has 72 valence electrons. The minimum Gasteiger partial charge on any atom is -0.490 e. The summed E-state index contributed by atoms with van der Waals surface area (Å²) in [6, 6.07) is 3.87. The Labute approximate surface area is 83.3 Å². The van der Waals surface area contributed by atoms with Crippen molar-refractivity contribution in [2.24, 2.45) is 5.92 Å². The molecule has 14 heavy (non-hydrogen) atoms. The van der Waals surface area contributed by atoms with E-state index in [1.165, 1.54) is 12.8 Å². The monoisotopic (exact) mass is 188 g/mol. The van der Waals surface area contributed by atoms with Gasteiger partial charge in [0.05, 0.1) is 18.4 Å². The molecule has 0 aliphatic heterocycles. The zero-order valence-electron chi connectivity index (χ0n) is 8.16. The van der Waals surface area contributed by atoms with E-state index in [1.54, 1.807) is 12.3 Å². The second-order valence-corrected chi connectivity index (χ2v) is 3.69. The van der Waals surface area contributed by atoms with E-state index in [4.69, 9.17) is 10.00 Å². The largest absolute Gasteiger partial charge is 0.490 e. The molecule has 0 N–H and O–H groups in total.